The van der Waals surface area contributed by atoms with E-state index < -0.39 is 97.5 Å². The van der Waals surface area contributed by atoms with Gasteiger partial charge in [-0.2, -0.15) is 0 Å². The molecule has 0 aliphatic carbocycles. The monoisotopic (exact) mass is 1570 g/mol. The number of unbranched alkanes of at least 4 members (excludes halogenated alkanes) is 12. The van der Waals surface area contributed by atoms with Crippen molar-refractivity contribution in [3.05, 3.63) is 219 Å². The number of aliphatic hydroxyl groups is 1. The van der Waals surface area contributed by atoms with E-state index in [0.717, 1.165) is 128 Å². The van der Waals surface area contributed by atoms with E-state index in [0.29, 0.717) is 44.9 Å². The van der Waals surface area contributed by atoms with Gasteiger partial charge in [-0.1, -0.05) is 298 Å². The maximum Gasteiger partial charge on any atom is 0.472 e. The minimum absolute atomic E-state index is 0.00935. The number of ether oxygens (including phenoxy) is 4. The molecule has 618 valence electrons. The fourth-order valence-corrected chi connectivity index (χ4v) is 11.4. The number of phosphoric acid groups is 2. The molecule has 2 unspecified atom stereocenters. The van der Waals surface area contributed by atoms with Crippen molar-refractivity contribution in [2.75, 3.05) is 39.6 Å². The van der Waals surface area contributed by atoms with Gasteiger partial charge in [-0.05, 0) is 167 Å². The third-order valence-corrected chi connectivity index (χ3v) is 17.8. The van der Waals surface area contributed by atoms with Crippen molar-refractivity contribution in [3.63, 3.8) is 0 Å². The molecule has 0 aromatic rings. The Morgan fingerprint density at radius 3 is 0.809 bits per heavy atom. The fraction of sp³-hybridized carbons (Fsp3) is 0.560. The van der Waals surface area contributed by atoms with Gasteiger partial charge in [-0.15, -0.1) is 0 Å². The Morgan fingerprint density at radius 1 is 0.264 bits per heavy atom. The summed E-state index contributed by atoms with van der Waals surface area (Å²) >= 11 is 0. The van der Waals surface area contributed by atoms with Crippen molar-refractivity contribution in [2.24, 2.45) is 0 Å². The normalized spacial score (nSPS) is 14.9. The molecule has 17 nitrogen and oxygen atoms in total. The largest absolute Gasteiger partial charge is 0.472 e. The lowest BCUT2D eigenvalue weighted by Gasteiger charge is -2.21. The average Bonchev–Trinajstić information content (AvgIpc) is 0.906. The molecule has 0 saturated carbocycles. The summed E-state index contributed by atoms with van der Waals surface area (Å²) in [6.45, 7) is 4.30. The smallest absolute Gasteiger partial charge is 0.462 e. The highest BCUT2D eigenvalue weighted by atomic mass is 31.2. The van der Waals surface area contributed by atoms with Gasteiger partial charge in [0.2, 0.25) is 0 Å². The van der Waals surface area contributed by atoms with Gasteiger partial charge in [0.25, 0.3) is 0 Å². The number of allylic oxidation sites excluding steroid dienone is 36. The van der Waals surface area contributed by atoms with Gasteiger partial charge < -0.3 is 33.8 Å². The molecule has 0 bridgehead atoms. The summed E-state index contributed by atoms with van der Waals surface area (Å²) in [5, 5.41) is 10.7. The van der Waals surface area contributed by atoms with E-state index in [1.807, 2.05) is 54.7 Å². The molecule has 5 atom stereocenters. The third-order valence-electron chi connectivity index (χ3n) is 15.9. The number of aliphatic hydroxyl groups excluding tert-OH is 1. The molecule has 0 radical (unpaired) electrons. The lowest BCUT2D eigenvalue weighted by molar-refractivity contribution is -0.161. The quantitative estimate of drug-likeness (QED) is 0.0169. The first-order valence-electron chi connectivity index (χ1n) is 41.0. The summed E-state index contributed by atoms with van der Waals surface area (Å²) in [5.41, 5.74) is 0. The summed E-state index contributed by atoms with van der Waals surface area (Å²) in [4.78, 5) is 73.0. The number of carbonyl (C=O) groups is 4. The van der Waals surface area contributed by atoms with Gasteiger partial charge >= 0.3 is 39.5 Å². The fourth-order valence-electron chi connectivity index (χ4n) is 9.78. The van der Waals surface area contributed by atoms with E-state index in [9.17, 15) is 43.2 Å². The van der Waals surface area contributed by atoms with E-state index in [1.165, 1.54) is 44.9 Å². The Bertz CT molecular complexity index is 2950. The maximum atomic E-state index is 13.1. The highest BCUT2D eigenvalue weighted by Crippen LogP contribution is 2.45. The van der Waals surface area contributed by atoms with E-state index in [2.05, 4.69) is 192 Å². The van der Waals surface area contributed by atoms with Gasteiger partial charge in [0.15, 0.2) is 12.2 Å². The number of hydrogen-bond acceptors (Lipinski definition) is 15. The van der Waals surface area contributed by atoms with Crippen LogP contribution in [-0.4, -0.2) is 96.7 Å². The molecule has 0 aliphatic heterocycles. The van der Waals surface area contributed by atoms with Crippen LogP contribution < -0.4 is 0 Å². The molecular weight excluding hydrogens is 1430 g/mol. The first-order valence-corrected chi connectivity index (χ1v) is 44.0. The van der Waals surface area contributed by atoms with Crippen LogP contribution in [0.3, 0.4) is 0 Å². The minimum Gasteiger partial charge on any atom is -0.462 e. The second-order valence-electron chi connectivity index (χ2n) is 26.2. The second kappa shape index (κ2) is 80.4. The predicted molar refractivity (Wildman–Crippen MR) is 454 cm³/mol. The van der Waals surface area contributed by atoms with Crippen LogP contribution >= 0.6 is 15.6 Å². The number of hydrogen-bond donors (Lipinski definition) is 3. The molecule has 0 aliphatic rings. The Kier molecular flexibility index (Phi) is 75.6. The van der Waals surface area contributed by atoms with Crippen molar-refractivity contribution in [1.82, 2.24) is 0 Å². The number of rotatable bonds is 74. The third kappa shape index (κ3) is 79.5. The van der Waals surface area contributed by atoms with E-state index in [4.69, 9.17) is 37.0 Å². The standard InChI is InChI=1S/C91H142O17P2/c1-5-9-13-17-21-25-29-33-36-39-42-45-48-52-56-60-64-68-72-76-89(94)102-82-87(108-91(96)78-74-70-66-62-58-54-50-47-44-41-38-35-31-27-23-19-15-11-7-3)84-106-110(99,100)104-80-85(92)79-103-109(97,98)105-83-86(81-101-88(93)75-71-67-63-59-55-51-32-28-24-20-16-12-8-4)107-90(95)77-73-69-65-61-57-53-49-46-43-40-37-34-30-26-22-18-14-10-6-2/h9-10,13-14,21-23,25-28,32-38,42-47,52-54,56-58,64-66,68-70,85-87,92H,5-8,11-12,15-20,24,29-31,39-41,48-51,55,59-63,67,71-84H2,1-4H3,(H,97,98)(H,99,100)/b13-9-,14-10-,25-21-,26-22-,27-23-,32-28-,36-33-,37-34-,38-35-,45-42-,46-43-,47-44-,56-52-,57-53-,58-54-,68-64-,69-65-,70-66-/t85-,86+,87+/m0/s1. The first kappa shape index (κ1) is 103. The molecular formula is C91H142O17P2. The predicted octanol–water partition coefficient (Wildman–Crippen LogP) is 24.4. The Balaban J connectivity index is 5.61. The summed E-state index contributed by atoms with van der Waals surface area (Å²) in [7, 11) is -10.1. The molecule has 0 fully saturated rings. The lowest BCUT2D eigenvalue weighted by atomic mass is 10.1. The molecule has 0 aromatic carbocycles. The van der Waals surface area contributed by atoms with E-state index in [1.54, 1.807) is 0 Å². The Labute approximate surface area is 664 Å². The highest BCUT2D eigenvalue weighted by Gasteiger charge is 2.30. The Hall–Kier alpha value is -6.62. The van der Waals surface area contributed by atoms with Crippen molar-refractivity contribution in [3.8, 4) is 0 Å². The SMILES string of the molecule is CC/C=C\C/C=C\C/C=C\C/C=C\C/C=C\C/C=C\CCC(=O)OC[C@H](COP(=O)(O)OC[C@@H](O)COP(=O)(O)OC[C@@H](COC(=O)CCCCCCC/C=C\CCCCCC)OC(=O)CC/C=C\C/C=C\C/C=C\C/C=C\C/C=C\C/C=C\CC)OC(=O)CC/C=C\C/C=C\C/C=C\C/C=C\C/C=C\CCCCC. The minimum atomic E-state index is -5.04. The van der Waals surface area contributed by atoms with Crippen LogP contribution in [0.1, 0.15) is 272 Å². The maximum absolute atomic E-state index is 13.1. The van der Waals surface area contributed by atoms with Crippen LogP contribution in [0.25, 0.3) is 0 Å². The lowest BCUT2D eigenvalue weighted by Crippen LogP contribution is -2.30. The summed E-state index contributed by atoms with van der Waals surface area (Å²) in [6, 6.07) is 0. The molecule has 0 saturated heterocycles. The van der Waals surface area contributed by atoms with Crippen LogP contribution in [0, 0.1) is 0 Å². The molecule has 0 spiro atoms. The number of esters is 4. The van der Waals surface area contributed by atoms with Crippen molar-refractivity contribution in [2.45, 2.75) is 290 Å². The van der Waals surface area contributed by atoms with Crippen LogP contribution in [0.15, 0.2) is 219 Å². The molecule has 110 heavy (non-hydrogen) atoms. The highest BCUT2D eigenvalue weighted by molar-refractivity contribution is 7.47. The van der Waals surface area contributed by atoms with Crippen LogP contribution in [0.2, 0.25) is 0 Å². The first-order chi connectivity index (χ1) is 53.7. The molecule has 0 rings (SSSR count). The second-order valence-corrected chi connectivity index (χ2v) is 29.1. The zero-order valence-electron chi connectivity index (χ0n) is 67.6. The summed E-state index contributed by atoms with van der Waals surface area (Å²) < 4.78 is 68.4. The topological polar surface area (TPSA) is 237 Å². The average molecular weight is 1570 g/mol. The van der Waals surface area contributed by atoms with Crippen molar-refractivity contribution >= 4 is 39.5 Å². The van der Waals surface area contributed by atoms with Gasteiger partial charge in [0.05, 0.1) is 26.4 Å². The number of phosphoric ester groups is 2. The zero-order valence-corrected chi connectivity index (χ0v) is 69.4. The molecule has 19 heteroatoms. The molecule has 0 amide bonds. The zero-order chi connectivity index (χ0) is 80.3. The van der Waals surface area contributed by atoms with Gasteiger partial charge in [0.1, 0.15) is 19.3 Å². The molecule has 3 N–H and O–H groups in total. The van der Waals surface area contributed by atoms with Gasteiger partial charge in [-0.25, -0.2) is 9.13 Å². The van der Waals surface area contributed by atoms with Crippen molar-refractivity contribution in [1.29, 1.82) is 0 Å². The molecule has 0 heterocycles. The van der Waals surface area contributed by atoms with Crippen molar-refractivity contribution < 1.29 is 80.2 Å². The number of carbonyl (C=O) groups excluding carboxylic acids is 4. The van der Waals surface area contributed by atoms with Gasteiger partial charge in [-0.3, -0.25) is 37.3 Å². The summed E-state index contributed by atoms with van der Waals surface area (Å²) in [6.07, 6.45) is 102. The Morgan fingerprint density at radius 2 is 0.491 bits per heavy atom. The van der Waals surface area contributed by atoms with Crippen LogP contribution in [0.4, 0.5) is 0 Å². The van der Waals surface area contributed by atoms with E-state index >= 15 is 0 Å². The van der Waals surface area contributed by atoms with Gasteiger partial charge in [0, 0.05) is 25.7 Å². The van der Waals surface area contributed by atoms with Crippen LogP contribution in [-0.2, 0) is 65.4 Å². The van der Waals surface area contributed by atoms with E-state index in [-0.39, 0.29) is 25.7 Å². The van der Waals surface area contributed by atoms with Crippen LogP contribution in [0.5, 0.6) is 0 Å². The molecule has 0 aromatic heterocycles. The summed E-state index contributed by atoms with van der Waals surface area (Å²) in [5.74, 6) is -2.51.